The summed E-state index contributed by atoms with van der Waals surface area (Å²) in [4.78, 5) is 2.57. The first-order valence-corrected chi connectivity index (χ1v) is 23.7. The lowest BCUT2D eigenvalue weighted by atomic mass is 9.67. The zero-order valence-electron chi connectivity index (χ0n) is 37.2. The fraction of sp³-hybridized carbons (Fsp3) is 0.0769. The van der Waals surface area contributed by atoms with Crippen molar-refractivity contribution < 1.29 is 0 Å². The van der Waals surface area contributed by atoms with E-state index in [-0.39, 0.29) is 11.8 Å². The Bertz CT molecular complexity index is 3550. The Morgan fingerprint density at radius 2 is 1.12 bits per heavy atom. The van der Waals surface area contributed by atoms with Gasteiger partial charge in [0.25, 0.3) is 0 Å². The van der Waals surface area contributed by atoms with Crippen LogP contribution in [0.15, 0.2) is 261 Å². The Kier molecular flexibility index (Phi) is 9.39. The van der Waals surface area contributed by atoms with Crippen LogP contribution in [0.2, 0.25) is 0 Å². The van der Waals surface area contributed by atoms with E-state index in [4.69, 9.17) is 0 Å². The van der Waals surface area contributed by atoms with Crippen LogP contribution in [0.1, 0.15) is 58.1 Å². The molecule has 67 heavy (non-hydrogen) atoms. The highest BCUT2D eigenvalue weighted by Crippen LogP contribution is 2.57. The number of anilines is 2. The van der Waals surface area contributed by atoms with Crippen LogP contribution in [0.25, 0.3) is 49.4 Å². The van der Waals surface area contributed by atoms with Gasteiger partial charge < -0.3 is 9.47 Å². The summed E-state index contributed by atoms with van der Waals surface area (Å²) < 4.78 is 2.40. The lowest BCUT2D eigenvalue weighted by molar-refractivity contribution is 0.768. The molecule has 13 rings (SSSR count). The molecule has 0 saturated heterocycles. The van der Waals surface area contributed by atoms with Crippen molar-refractivity contribution in [1.29, 1.82) is 0 Å². The van der Waals surface area contributed by atoms with E-state index in [1.807, 2.05) is 0 Å². The van der Waals surface area contributed by atoms with Crippen molar-refractivity contribution in [3.05, 3.63) is 294 Å². The zero-order chi connectivity index (χ0) is 44.3. The first kappa shape index (κ1) is 39.2. The van der Waals surface area contributed by atoms with Crippen molar-refractivity contribution in [2.45, 2.75) is 30.1 Å². The van der Waals surface area contributed by atoms with E-state index < -0.39 is 5.41 Å². The minimum atomic E-state index is -0.507. The molecule has 2 unspecified atom stereocenters. The first-order valence-electron chi connectivity index (χ1n) is 23.7. The minimum absolute atomic E-state index is 0.231. The Labute approximate surface area is 392 Å². The third kappa shape index (κ3) is 6.24. The van der Waals surface area contributed by atoms with Crippen molar-refractivity contribution in [3.63, 3.8) is 0 Å². The van der Waals surface area contributed by atoms with Crippen LogP contribution >= 0.6 is 0 Å². The molecule has 9 aromatic carbocycles. The van der Waals surface area contributed by atoms with Crippen LogP contribution in [0.3, 0.4) is 0 Å². The second kappa shape index (κ2) is 16.0. The average Bonchev–Trinajstić information content (AvgIpc) is 3.90. The maximum absolute atomic E-state index is 2.57. The molecule has 0 saturated carbocycles. The van der Waals surface area contributed by atoms with Gasteiger partial charge in [-0.05, 0) is 117 Å². The van der Waals surface area contributed by atoms with Gasteiger partial charge in [0.05, 0.1) is 22.1 Å². The third-order valence-electron chi connectivity index (χ3n) is 14.7. The van der Waals surface area contributed by atoms with E-state index >= 15 is 0 Å². The van der Waals surface area contributed by atoms with Crippen molar-refractivity contribution in [1.82, 2.24) is 4.57 Å². The van der Waals surface area contributed by atoms with E-state index in [1.165, 1.54) is 94.2 Å². The largest absolute Gasteiger partial charge is 0.311 e. The molecule has 0 spiro atoms. The molecular weight excluding hydrogens is 809 g/mol. The number of hydrogen-bond donors (Lipinski definition) is 0. The van der Waals surface area contributed by atoms with Crippen molar-refractivity contribution >= 4 is 44.0 Å². The molecule has 0 radical (unpaired) electrons. The van der Waals surface area contributed by atoms with Crippen LogP contribution in [0.4, 0.5) is 11.4 Å². The molecule has 2 heteroatoms. The smallest absolute Gasteiger partial charge is 0.0714 e. The maximum Gasteiger partial charge on any atom is 0.0714 e. The molecule has 0 aliphatic heterocycles. The van der Waals surface area contributed by atoms with Gasteiger partial charge in [0, 0.05) is 39.7 Å². The van der Waals surface area contributed by atoms with Crippen molar-refractivity contribution in [3.8, 4) is 16.8 Å². The molecule has 10 aromatic rings. The highest BCUT2D eigenvalue weighted by Gasteiger charge is 2.46. The molecule has 318 valence electrons. The van der Waals surface area contributed by atoms with E-state index in [9.17, 15) is 0 Å². The summed E-state index contributed by atoms with van der Waals surface area (Å²) in [6.07, 6.45) is 18.3. The van der Waals surface area contributed by atoms with E-state index in [0.717, 1.165) is 18.5 Å². The first-order chi connectivity index (χ1) is 33.3. The Morgan fingerprint density at radius 1 is 0.478 bits per heavy atom. The predicted octanol–water partition coefficient (Wildman–Crippen LogP) is 16.7. The van der Waals surface area contributed by atoms with Gasteiger partial charge >= 0.3 is 0 Å². The van der Waals surface area contributed by atoms with E-state index in [2.05, 4.69) is 264 Å². The summed E-state index contributed by atoms with van der Waals surface area (Å²) in [5, 5.41) is 5.12. The van der Waals surface area contributed by atoms with Crippen LogP contribution in [0, 0.1) is 0 Å². The van der Waals surface area contributed by atoms with Crippen molar-refractivity contribution in [2.75, 3.05) is 4.90 Å². The third-order valence-corrected chi connectivity index (χ3v) is 14.7. The fourth-order valence-corrected chi connectivity index (χ4v) is 11.8. The Hall–Kier alpha value is -8.20. The van der Waals surface area contributed by atoms with Crippen molar-refractivity contribution in [2.24, 2.45) is 0 Å². The van der Waals surface area contributed by atoms with Gasteiger partial charge in [0.1, 0.15) is 0 Å². The second-order valence-electron chi connectivity index (χ2n) is 18.3. The number of allylic oxidation sites excluding steroid dienone is 7. The number of para-hydroxylation sites is 2. The Balaban J connectivity index is 0.959. The van der Waals surface area contributed by atoms with Gasteiger partial charge in [-0.1, -0.05) is 206 Å². The summed E-state index contributed by atoms with van der Waals surface area (Å²) in [5.41, 5.74) is 17.1. The molecule has 1 heterocycles. The van der Waals surface area contributed by atoms with E-state index in [1.54, 1.807) is 0 Å². The highest BCUT2D eigenvalue weighted by molar-refractivity contribution is 6.09. The van der Waals surface area contributed by atoms with Crippen LogP contribution in [-0.4, -0.2) is 4.57 Å². The minimum Gasteiger partial charge on any atom is -0.311 e. The maximum atomic E-state index is 2.57. The van der Waals surface area contributed by atoms with Crippen LogP contribution in [0.5, 0.6) is 0 Å². The van der Waals surface area contributed by atoms with Gasteiger partial charge in [0.15, 0.2) is 0 Å². The molecule has 0 bridgehead atoms. The fourth-order valence-electron chi connectivity index (χ4n) is 11.8. The summed E-state index contributed by atoms with van der Waals surface area (Å²) in [6, 6.07) is 79.0. The number of nitrogens with zero attached hydrogens (tertiary/aromatic N) is 2. The van der Waals surface area contributed by atoms with Gasteiger partial charge in [-0.2, -0.15) is 0 Å². The van der Waals surface area contributed by atoms with Gasteiger partial charge in [0.2, 0.25) is 0 Å². The molecule has 2 nitrogen and oxygen atoms in total. The molecule has 1 aromatic heterocycles. The van der Waals surface area contributed by atoms with E-state index in [0.29, 0.717) is 0 Å². The SMILES string of the molecule is C1=CCC(c2c(N(C3=CCC(c4ccc(-n5c6ccccc6c6ccccc65)cc4)C=C3)c3ccc4c(c3)C(c3ccccc3)(c3ccccc3)c3ccccc3-4)ccc3ccccc23)C=C1. The molecule has 2 atom stereocenters. The number of hydrogen-bond acceptors (Lipinski definition) is 1. The summed E-state index contributed by atoms with van der Waals surface area (Å²) in [7, 11) is 0. The highest BCUT2D eigenvalue weighted by atomic mass is 15.2. The molecule has 0 N–H and O–H groups in total. The van der Waals surface area contributed by atoms with Crippen LogP contribution < -0.4 is 4.90 Å². The standard InChI is InChI=1S/C65H48N2/c1-4-19-48(20-5-1)64-54-25-11-10-18-47(54)36-43-63(64)66(51-37-32-45(33-38-51)46-34-39-52(40-35-46)67-61-30-16-13-27-57(61)58-28-14-17-31-62(58)67)53-41-42-56-55-26-12-15-29-59(55)65(60(56)44-53,49-21-6-2-7-22-49)50-23-8-3-9-24-50/h1-19,21-32,34-45,48H,20,33H2. The topological polar surface area (TPSA) is 8.17 Å². The quantitative estimate of drug-likeness (QED) is 0.148. The van der Waals surface area contributed by atoms with Gasteiger partial charge in [-0.25, -0.2) is 0 Å². The lowest BCUT2D eigenvalue weighted by Crippen LogP contribution is -2.29. The normalized spacial score (nSPS) is 16.9. The Morgan fingerprint density at radius 3 is 1.81 bits per heavy atom. The molecule has 0 fully saturated rings. The average molecular weight is 857 g/mol. The number of aromatic nitrogens is 1. The number of fused-ring (bicyclic) bond motifs is 7. The van der Waals surface area contributed by atoms with Gasteiger partial charge in [-0.3, -0.25) is 0 Å². The molecule has 3 aliphatic carbocycles. The molecule has 3 aliphatic rings. The number of rotatable bonds is 8. The second-order valence-corrected chi connectivity index (χ2v) is 18.3. The number of benzene rings is 9. The summed E-state index contributed by atoms with van der Waals surface area (Å²) in [5.74, 6) is 0.479. The molecule has 0 amide bonds. The van der Waals surface area contributed by atoms with Gasteiger partial charge in [-0.15, -0.1) is 0 Å². The summed E-state index contributed by atoms with van der Waals surface area (Å²) in [6.45, 7) is 0. The monoisotopic (exact) mass is 856 g/mol. The predicted molar refractivity (Wildman–Crippen MR) is 281 cm³/mol. The zero-order valence-corrected chi connectivity index (χ0v) is 37.2. The van der Waals surface area contributed by atoms with Crippen LogP contribution in [-0.2, 0) is 5.41 Å². The summed E-state index contributed by atoms with van der Waals surface area (Å²) >= 11 is 0. The molecular formula is C65H48N2. The lowest BCUT2D eigenvalue weighted by Gasteiger charge is -2.36.